The summed E-state index contributed by atoms with van der Waals surface area (Å²) in [5.41, 5.74) is 2.80. The van der Waals surface area contributed by atoms with E-state index in [0.717, 1.165) is 16.7 Å². The predicted molar refractivity (Wildman–Crippen MR) is 115 cm³/mol. The van der Waals surface area contributed by atoms with E-state index < -0.39 is 13.4 Å². The summed E-state index contributed by atoms with van der Waals surface area (Å²) in [7, 11) is -0.751. The van der Waals surface area contributed by atoms with E-state index in [-0.39, 0.29) is 12.8 Å². The molecule has 1 N–H and O–H groups in total. The molecular formula is C23H24NO5P. The minimum atomic E-state index is -3.54. The highest BCUT2D eigenvalue weighted by Gasteiger charge is 2.38. The van der Waals surface area contributed by atoms with Gasteiger partial charge in [-0.05, 0) is 28.8 Å². The molecule has 0 fully saturated rings. The molecule has 1 unspecified atom stereocenters. The third-order valence-corrected chi connectivity index (χ3v) is 7.23. The van der Waals surface area contributed by atoms with E-state index in [4.69, 9.17) is 18.5 Å². The SMILES string of the molecule is COP(=O)(OC)C(NC(c1ccccc1)c1ccccc1)c1ccc2c(c1)OCO2. The van der Waals surface area contributed by atoms with Gasteiger partial charge in [-0.3, -0.25) is 9.88 Å². The lowest BCUT2D eigenvalue weighted by Crippen LogP contribution is -2.28. The van der Waals surface area contributed by atoms with Crippen LogP contribution in [0.3, 0.4) is 0 Å². The molecule has 3 aromatic carbocycles. The van der Waals surface area contributed by atoms with Crippen molar-refractivity contribution in [1.29, 1.82) is 0 Å². The molecule has 0 aromatic heterocycles. The van der Waals surface area contributed by atoms with Crippen LogP contribution >= 0.6 is 7.60 Å². The van der Waals surface area contributed by atoms with E-state index in [9.17, 15) is 4.57 Å². The molecular weight excluding hydrogens is 401 g/mol. The number of nitrogens with one attached hydrogen (secondary N) is 1. The average molecular weight is 425 g/mol. The molecule has 0 saturated carbocycles. The first-order valence-corrected chi connectivity index (χ1v) is 11.2. The molecule has 30 heavy (non-hydrogen) atoms. The minimum Gasteiger partial charge on any atom is -0.454 e. The Kier molecular flexibility index (Phi) is 6.21. The molecule has 6 nitrogen and oxygen atoms in total. The number of hydrogen-bond acceptors (Lipinski definition) is 6. The maximum Gasteiger partial charge on any atom is 0.351 e. The van der Waals surface area contributed by atoms with Crippen molar-refractivity contribution in [2.75, 3.05) is 21.0 Å². The Balaban J connectivity index is 1.78. The average Bonchev–Trinajstić information content (AvgIpc) is 3.28. The first-order chi connectivity index (χ1) is 14.6. The van der Waals surface area contributed by atoms with Crippen molar-refractivity contribution in [3.05, 3.63) is 95.6 Å². The molecule has 4 rings (SSSR count). The molecule has 0 aliphatic carbocycles. The fraction of sp³-hybridized carbons (Fsp3) is 0.217. The van der Waals surface area contributed by atoms with Gasteiger partial charge in [0.2, 0.25) is 6.79 Å². The summed E-state index contributed by atoms with van der Waals surface area (Å²) in [6.45, 7) is 0.166. The first kappa shape index (κ1) is 20.6. The number of ether oxygens (including phenoxy) is 2. The molecule has 156 valence electrons. The molecule has 3 aromatic rings. The van der Waals surface area contributed by atoms with Crippen LogP contribution in [0, 0.1) is 0 Å². The highest BCUT2D eigenvalue weighted by atomic mass is 31.2. The maximum atomic E-state index is 13.6. The molecule has 0 saturated heterocycles. The van der Waals surface area contributed by atoms with Crippen molar-refractivity contribution < 1.29 is 23.1 Å². The van der Waals surface area contributed by atoms with Crippen molar-refractivity contribution in [1.82, 2.24) is 5.32 Å². The summed E-state index contributed by atoms with van der Waals surface area (Å²) in [5, 5.41) is 3.53. The summed E-state index contributed by atoms with van der Waals surface area (Å²) in [6.07, 6.45) is 0. The fourth-order valence-corrected chi connectivity index (χ4v) is 5.00. The smallest absolute Gasteiger partial charge is 0.351 e. The lowest BCUT2D eigenvalue weighted by atomic mass is 9.98. The van der Waals surface area contributed by atoms with Crippen LogP contribution in [0.4, 0.5) is 0 Å². The second-order valence-electron chi connectivity index (χ2n) is 6.84. The van der Waals surface area contributed by atoms with Gasteiger partial charge in [-0.2, -0.15) is 0 Å². The molecule has 0 bridgehead atoms. The Bertz CT molecular complexity index is 981. The van der Waals surface area contributed by atoms with Crippen molar-refractivity contribution in [2.45, 2.75) is 11.8 Å². The van der Waals surface area contributed by atoms with Gasteiger partial charge in [-0.1, -0.05) is 66.7 Å². The standard InChI is InChI=1S/C23H24NO5P/c1-26-30(25,27-2)23(19-13-14-20-21(15-19)29-16-28-20)24-22(17-9-5-3-6-10-17)18-11-7-4-8-12-18/h3-15,22-24H,16H2,1-2H3. The fourth-order valence-electron chi connectivity index (χ4n) is 3.57. The highest BCUT2D eigenvalue weighted by molar-refractivity contribution is 7.54. The molecule has 0 amide bonds. The van der Waals surface area contributed by atoms with Gasteiger partial charge in [0, 0.05) is 14.2 Å². The zero-order valence-electron chi connectivity index (χ0n) is 16.9. The monoisotopic (exact) mass is 425 g/mol. The molecule has 0 spiro atoms. The first-order valence-electron chi connectivity index (χ1n) is 9.61. The third kappa shape index (κ3) is 4.13. The molecule has 1 aliphatic rings. The van der Waals surface area contributed by atoms with Crippen LogP contribution in [0.15, 0.2) is 78.9 Å². The van der Waals surface area contributed by atoms with Crippen molar-refractivity contribution >= 4 is 7.60 Å². The van der Waals surface area contributed by atoms with Crippen LogP contribution in [0.25, 0.3) is 0 Å². The Hall–Kier alpha value is -2.63. The van der Waals surface area contributed by atoms with Crippen LogP contribution in [0.5, 0.6) is 11.5 Å². The Labute approximate surface area is 176 Å². The van der Waals surface area contributed by atoms with Crippen LogP contribution in [0.2, 0.25) is 0 Å². The van der Waals surface area contributed by atoms with Crippen molar-refractivity contribution in [3.8, 4) is 11.5 Å². The van der Waals surface area contributed by atoms with E-state index in [1.807, 2.05) is 78.9 Å². The van der Waals surface area contributed by atoms with E-state index in [1.54, 1.807) is 0 Å². The zero-order valence-corrected chi connectivity index (χ0v) is 17.8. The van der Waals surface area contributed by atoms with Gasteiger partial charge in [0.05, 0.1) is 6.04 Å². The van der Waals surface area contributed by atoms with E-state index >= 15 is 0 Å². The molecule has 7 heteroatoms. The summed E-state index contributed by atoms with van der Waals surface area (Å²) < 4.78 is 35.3. The Morgan fingerprint density at radius 3 is 1.93 bits per heavy atom. The van der Waals surface area contributed by atoms with Crippen molar-refractivity contribution in [2.24, 2.45) is 0 Å². The molecule has 0 radical (unpaired) electrons. The summed E-state index contributed by atoms with van der Waals surface area (Å²) in [5.74, 6) is 0.534. The second kappa shape index (κ2) is 9.02. The van der Waals surface area contributed by atoms with Gasteiger partial charge < -0.3 is 18.5 Å². The third-order valence-electron chi connectivity index (χ3n) is 5.13. The van der Waals surface area contributed by atoms with Gasteiger partial charge in [0.1, 0.15) is 5.78 Å². The quantitative estimate of drug-likeness (QED) is 0.496. The van der Waals surface area contributed by atoms with Gasteiger partial charge in [0.25, 0.3) is 0 Å². The summed E-state index contributed by atoms with van der Waals surface area (Å²) >= 11 is 0. The molecule has 1 aliphatic heterocycles. The zero-order chi connectivity index (χ0) is 21.0. The maximum absolute atomic E-state index is 13.6. The van der Waals surface area contributed by atoms with Crippen LogP contribution < -0.4 is 14.8 Å². The number of rotatable bonds is 8. The topological polar surface area (TPSA) is 66.0 Å². The van der Waals surface area contributed by atoms with Gasteiger partial charge in [0.15, 0.2) is 11.5 Å². The lowest BCUT2D eigenvalue weighted by molar-refractivity contribution is 0.174. The van der Waals surface area contributed by atoms with Crippen LogP contribution in [-0.4, -0.2) is 21.0 Å². The van der Waals surface area contributed by atoms with Crippen LogP contribution in [-0.2, 0) is 13.6 Å². The van der Waals surface area contributed by atoms with E-state index in [2.05, 4.69) is 5.32 Å². The Morgan fingerprint density at radius 1 is 0.800 bits per heavy atom. The lowest BCUT2D eigenvalue weighted by Gasteiger charge is -2.30. The molecule has 1 heterocycles. The van der Waals surface area contributed by atoms with Gasteiger partial charge in [-0.15, -0.1) is 0 Å². The predicted octanol–water partition coefficient (Wildman–Crippen LogP) is 5.28. The van der Waals surface area contributed by atoms with E-state index in [1.165, 1.54) is 14.2 Å². The Morgan fingerprint density at radius 2 is 1.37 bits per heavy atom. The number of fused-ring (bicyclic) bond motifs is 1. The van der Waals surface area contributed by atoms with E-state index in [0.29, 0.717) is 11.5 Å². The largest absolute Gasteiger partial charge is 0.454 e. The minimum absolute atomic E-state index is 0.166. The molecule has 1 atom stereocenters. The summed E-state index contributed by atoms with van der Waals surface area (Å²) in [4.78, 5) is 0. The number of benzene rings is 3. The second-order valence-corrected chi connectivity index (χ2v) is 9.17. The number of hydrogen-bond donors (Lipinski definition) is 1. The normalized spacial score (nSPS) is 14.1. The van der Waals surface area contributed by atoms with Crippen LogP contribution in [0.1, 0.15) is 28.5 Å². The van der Waals surface area contributed by atoms with Gasteiger partial charge in [-0.25, -0.2) is 0 Å². The van der Waals surface area contributed by atoms with Crippen molar-refractivity contribution in [3.63, 3.8) is 0 Å². The highest BCUT2D eigenvalue weighted by Crippen LogP contribution is 2.60. The van der Waals surface area contributed by atoms with Gasteiger partial charge >= 0.3 is 7.60 Å². The summed E-state index contributed by atoms with van der Waals surface area (Å²) in [6, 6.07) is 25.2.